The molecule has 0 saturated heterocycles. The van der Waals surface area contributed by atoms with Crippen molar-refractivity contribution in [1.29, 1.82) is 0 Å². The zero-order chi connectivity index (χ0) is 20.1. The smallest absolute Gasteiger partial charge is 0.257 e. The lowest BCUT2D eigenvalue weighted by atomic mass is 10.1. The highest BCUT2D eigenvalue weighted by Crippen LogP contribution is 2.26. The van der Waals surface area contributed by atoms with Crippen molar-refractivity contribution in [3.63, 3.8) is 0 Å². The summed E-state index contributed by atoms with van der Waals surface area (Å²) >= 11 is 8.30. The molecular formula is C19H17ClN4O2S2. The van der Waals surface area contributed by atoms with Crippen LogP contribution in [0.5, 0.6) is 0 Å². The van der Waals surface area contributed by atoms with Crippen LogP contribution in [0.1, 0.15) is 21.5 Å². The van der Waals surface area contributed by atoms with Crippen LogP contribution in [0.3, 0.4) is 0 Å². The van der Waals surface area contributed by atoms with Crippen LogP contribution >= 0.6 is 34.7 Å². The Morgan fingerprint density at radius 3 is 2.54 bits per heavy atom. The minimum Gasteiger partial charge on any atom is -0.325 e. The molecule has 0 fully saturated rings. The highest BCUT2D eigenvalue weighted by Gasteiger charge is 2.12. The van der Waals surface area contributed by atoms with Gasteiger partial charge in [0.15, 0.2) is 4.34 Å². The van der Waals surface area contributed by atoms with Gasteiger partial charge in [-0.25, -0.2) is 0 Å². The number of benzene rings is 2. The van der Waals surface area contributed by atoms with E-state index < -0.39 is 0 Å². The molecule has 3 rings (SSSR count). The van der Waals surface area contributed by atoms with E-state index in [4.69, 9.17) is 11.6 Å². The number of hydrogen-bond acceptors (Lipinski definition) is 6. The van der Waals surface area contributed by atoms with Crippen LogP contribution in [0.25, 0.3) is 0 Å². The Kier molecular flexibility index (Phi) is 6.66. The van der Waals surface area contributed by atoms with Gasteiger partial charge in [-0.3, -0.25) is 14.9 Å². The number of rotatable bonds is 6. The fraction of sp³-hybridized carbons (Fsp3) is 0.158. The maximum Gasteiger partial charge on any atom is 0.257 e. The SMILES string of the molecule is Cc1ccc(NC(=O)CSc2nnc(NC(=O)c3ccc(Cl)cc3)s2)c(C)c1. The second kappa shape index (κ2) is 9.18. The zero-order valence-electron chi connectivity index (χ0n) is 15.2. The van der Waals surface area contributed by atoms with Gasteiger partial charge in [-0.2, -0.15) is 0 Å². The van der Waals surface area contributed by atoms with E-state index in [9.17, 15) is 9.59 Å². The summed E-state index contributed by atoms with van der Waals surface area (Å²) in [6.45, 7) is 3.96. The lowest BCUT2D eigenvalue weighted by Crippen LogP contribution is -2.14. The summed E-state index contributed by atoms with van der Waals surface area (Å²) in [5.74, 6) is -0.219. The first kappa shape index (κ1) is 20.3. The van der Waals surface area contributed by atoms with E-state index in [1.54, 1.807) is 24.3 Å². The zero-order valence-corrected chi connectivity index (χ0v) is 17.5. The molecule has 0 atom stereocenters. The molecule has 0 aliphatic carbocycles. The van der Waals surface area contributed by atoms with Gasteiger partial charge in [-0.15, -0.1) is 10.2 Å². The minimum atomic E-state index is -0.294. The molecule has 0 spiro atoms. The Bertz CT molecular complexity index is 1010. The number of thioether (sulfide) groups is 1. The maximum atomic E-state index is 12.2. The van der Waals surface area contributed by atoms with Crippen LogP contribution in [0.4, 0.5) is 10.8 Å². The number of aryl methyl sites for hydroxylation is 2. The lowest BCUT2D eigenvalue weighted by Gasteiger charge is -2.08. The van der Waals surface area contributed by atoms with E-state index in [0.29, 0.717) is 20.1 Å². The van der Waals surface area contributed by atoms with E-state index in [1.165, 1.54) is 23.1 Å². The number of carbonyl (C=O) groups is 2. The average Bonchev–Trinajstić information content (AvgIpc) is 3.10. The minimum absolute atomic E-state index is 0.126. The molecule has 1 aromatic heterocycles. The molecule has 2 amide bonds. The molecule has 0 aliphatic rings. The van der Waals surface area contributed by atoms with E-state index in [0.717, 1.165) is 16.8 Å². The fourth-order valence-electron chi connectivity index (χ4n) is 2.36. The molecule has 0 unspecified atom stereocenters. The molecule has 3 aromatic rings. The normalized spacial score (nSPS) is 10.5. The van der Waals surface area contributed by atoms with Crippen LogP contribution in [-0.4, -0.2) is 27.8 Å². The van der Waals surface area contributed by atoms with Crippen molar-refractivity contribution in [1.82, 2.24) is 10.2 Å². The Hall–Kier alpha value is -2.42. The standard InChI is InChI=1S/C19H17ClN4O2S2/c1-11-3-8-15(12(2)9-11)21-16(25)10-27-19-24-23-18(28-19)22-17(26)13-4-6-14(20)7-5-13/h3-9H,10H2,1-2H3,(H,21,25)(H,22,23,26). The Labute approximate surface area is 175 Å². The molecule has 28 heavy (non-hydrogen) atoms. The number of halogens is 1. The lowest BCUT2D eigenvalue weighted by molar-refractivity contribution is -0.113. The number of carbonyl (C=O) groups excluding carboxylic acids is 2. The average molecular weight is 433 g/mol. The second-order valence-corrected chi connectivity index (χ2v) is 8.63. The quantitative estimate of drug-likeness (QED) is 0.432. The first-order valence-corrected chi connectivity index (χ1v) is 10.5. The summed E-state index contributed by atoms with van der Waals surface area (Å²) in [6.07, 6.45) is 0. The number of nitrogens with zero attached hydrogens (tertiary/aromatic N) is 2. The van der Waals surface area contributed by atoms with E-state index >= 15 is 0 Å². The van der Waals surface area contributed by atoms with Gasteiger partial charge in [0.05, 0.1) is 5.75 Å². The topological polar surface area (TPSA) is 84.0 Å². The van der Waals surface area contributed by atoms with E-state index in [2.05, 4.69) is 20.8 Å². The van der Waals surface area contributed by atoms with Gasteiger partial charge in [0.2, 0.25) is 11.0 Å². The van der Waals surface area contributed by atoms with Gasteiger partial charge in [0.1, 0.15) is 0 Å². The van der Waals surface area contributed by atoms with Gasteiger partial charge in [0, 0.05) is 16.3 Å². The molecule has 9 heteroatoms. The molecular weight excluding hydrogens is 416 g/mol. The number of anilines is 2. The van der Waals surface area contributed by atoms with Crippen molar-refractivity contribution in [2.75, 3.05) is 16.4 Å². The van der Waals surface area contributed by atoms with Crippen molar-refractivity contribution >= 4 is 57.3 Å². The molecule has 144 valence electrons. The van der Waals surface area contributed by atoms with Gasteiger partial charge < -0.3 is 5.32 Å². The van der Waals surface area contributed by atoms with Gasteiger partial charge >= 0.3 is 0 Å². The molecule has 6 nitrogen and oxygen atoms in total. The second-order valence-electron chi connectivity index (χ2n) is 5.99. The number of hydrogen-bond donors (Lipinski definition) is 2. The largest absolute Gasteiger partial charge is 0.325 e. The third kappa shape index (κ3) is 5.54. The highest BCUT2D eigenvalue weighted by molar-refractivity contribution is 8.01. The molecule has 0 bridgehead atoms. The molecule has 0 aliphatic heterocycles. The van der Waals surface area contributed by atoms with Crippen LogP contribution in [0.2, 0.25) is 5.02 Å². The number of amides is 2. The summed E-state index contributed by atoms with van der Waals surface area (Å²) in [7, 11) is 0. The van der Waals surface area contributed by atoms with Crippen molar-refractivity contribution in [2.45, 2.75) is 18.2 Å². The van der Waals surface area contributed by atoms with Crippen LogP contribution in [0.15, 0.2) is 46.8 Å². The van der Waals surface area contributed by atoms with Crippen LogP contribution < -0.4 is 10.6 Å². The Morgan fingerprint density at radius 1 is 1.07 bits per heavy atom. The van der Waals surface area contributed by atoms with Crippen LogP contribution in [-0.2, 0) is 4.79 Å². The monoisotopic (exact) mass is 432 g/mol. The number of nitrogens with one attached hydrogen (secondary N) is 2. The van der Waals surface area contributed by atoms with E-state index in [-0.39, 0.29) is 17.6 Å². The third-order valence-electron chi connectivity index (χ3n) is 3.72. The van der Waals surface area contributed by atoms with Crippen LogP contribution in [0, 0.1) is 13.8 Å². The fourth-order valence-corrected chi connectivity index (χ4v) is 4.03. The third-order valence-corrected chi connectivity index (χ3v) is 5.94. The highest BCUT2D eigenvalue weighted by atomic mass is 35.5. The van der Waals surface area contributed by atoms with E-state index in [1.807, 2.05) is 32.0 Å². The van der Waals surface area contributed by atoms with Gasteiger partial charge in [0.25, 0.3) is 5.91 Å². The molecule has 1 heterocycles. The van der Waals surface area contributed by atoms with Crippen molar-refractivity contribution in [2.24, 2.45) is 0 Å². The predicted octanol–water partition coefficient (Wildman–Crippen LogP) is 4.79. The van der Waals surface area contributed by atoms with Gasteiger partial charge in [-0.05, 0) is 49.7 Å². The van der Waals surface area contributed by atoms with Crippen molar-refractivity contribution in [3.8, 4) is 0 Å². The Morgan fingerprint density at radius 2 is 1.82 bits per heavy atom. The first-order valence-electron chi connectivity index (χ1n) is 8.31. The maximum absolute atomic E-state index is 12.2. The first-order chi connectivity index (χ1) is 13.4. The summed E-state index contributed by atoms with van der Waals surface area (Å²) < 4.78 is 0.599. The summed E-state index contributed by atoms with van der Waals surface area (Å²) in [5.41, 5.74) is 3.43. The summed E-state index contributed by atoms with van der Waals surface area (Å²) in [6, 6.07) is 12.4. The molecule has 2 N–H and O–H groups in total. The van der Waals surface area contributed by atoms with Crippen molar-refractivity contribution in [3.05, 3.63) is 64.2 Å². The van der Waals surface area contributed by atoms with Crippen molar-refractivity contribution < 1.29 is 9.59 Å². The van der Waals surface area contributed by atoms with Gasteiger partial charge in [-0.1, -0.05) is 52.4 Å². The Balaban J connectivity index is 1.52. The molecule has 2 aromatic carbocycles. The molecule has 0 radical (unpaired) electrons. The summed E-state index contributed by atoms with van der Waals surface area (Å²) in [5, 5.41) is 14.5. The number of aromatic nitrogens is 2. The molecule has 0 saturated carbocycles. The predicted molar refractivity (Wildman–Crippen MR) is 115 cm³/mol. The summed E-state index contributed by atoms with van der Waals surface area (Å²) in [4.78, 5) is 24.3.